The highest BCUT2D eigenvalue weighted by atomic mass is 32.2. The van der Waals surface area contributed by atoms with Gasteiger partial charge in [-0.1, -0.05) is 42.5 Å². The Bertz CT molecular complexity index is 1260. The number of ether oxygens (including phenoxy) is 2. The normalized spacial score (nSPS) is 15.1. The molecule has 0 bridgehead atoms. The topological polar surface area (TPSA) is 88.2 Å². The van der Waals surface area contributed by atoms with Crippen molar-refractivity contribution in [3.8, 4) is 11.5 Å². The van der Waals surface area contributed by atoms with E-state index in [1.807, 2.05) is 42.5 Å². The minimum atomic E-state index is -3.72. The van der Waals surface area contributed by atoms with Crippen molar-refractivity contribution in [3.63, 3.8) is 0 Å². The molecule has 1 aliphatic rings. The molecule has 3 aromatic rings. The number of hydrogen-bond donors (Lipinski definition) is 1. The fourth-order valence-corrected chi connectivity index (χ4v) is 5.39. The van der Waals surface area contributed by atoms with Crippen LogP contribution in [-0.2, 0) is 32.6 Å². The van der Waals surface area contributed by atoms with Crippen molar-refractivity contribution in [1.82, 2.24) is 10.2 Å². The fraction of sp³-hybridized carbons (Fsp3) is 0.321. The highest BCUT2D eigenvalue weighted by molar-refractivity contribution is 7.92. The van der Waals surface area contributed by atoms with Gasteiger partial charge in [0.25, 0.3) is 0 Å². The van der Waals surface area contributed by atoms with E-state index in [4.69, 9.17) is 9.47 Å². The minimum absolute atomic E-state index is 0.308. The number of hydrogen-bond acceptors (Lipinski definition) is 6. The maximum atomic E-state index is 13.0. The van der Waals surface area contributed by atoms with E-state index in [1.54, 1.807) is 31.2 Å². The van der Waals surface area contributed by atoms with Crippen LogP contribution in [0.3, 0.4) is 0 Å². The first-order chi connectivity index (χ1) is 17.8. The largest absolute Gasteiger partial charge is 0.457 e. The Hall–Kier alpha value is -3.40. The Morgan fingerprint density at radius 3 is 2.16 bits per heavy atom. The molecule has 1 amide bonds. The lowest BCUT2D eigenvalue weighted by Gasteiger charge is -2.28. The number of carbonyl (C=O) groups is 1. The second kappa shape index (κ2) is 12.2. The summed E-state index contributed by atoms with van der Waals surface area (Å²) in [7, 11) is -3.72. The summed E-state index contributed by atoms with van der Waals surface area (Å²) >= 11 is 0. The maximum absolute atomic E-state index is 13.0. The number of nitrogens with one attached hydrogen (secondary N) is 1. The molecule has 1 atom stereocenters. The summed E-state index contributed by atoms with van der Waals surface area (Å²) in [6.45, 7) is 6.13. The molecule has 0 aliphatic carbocycles. The van der Waals surface area contributed by atoms with Crippen LogP contribution in [0.25, 0.3) is 0 Å². The number of carbonyl (C=O) groups excluding carboxylic acids is 1. The van der Waals surface area contributed by atoms with E-state index in [0.29, 0.717) is 23.7 Å². The number of nitrogens with zero attached hydrogens (tertiary/aromatic N) is 2. The molecule has 8 nitrogen and oxygen atoms in total. The quantitative estimate of drug-likeness (QED) is 0.435. The summed E-state index contributed by atoms with van der Waals surface area (Å²) in [5.74, 6) is 0.863. The summed E-state index contributed by atoms with van der Waals surface area (Å²) in [5, 5.41) is 2.87. The van der Waals surface area contributed by atoms with Gasteiger partial charge in [-0.25, -0.2) is 8.42 Å². The predicted molar refractivity (Wildman–Crippen MR) is 144 cm³/mol. The Morgan fingerprint density at radius 2 is 1.54 bits per heavy atom. The smallest absolute Gasteiger partial charge is 0.243 e. The lowest BCUT2D eigenvalue weighted by molar-refractivity contribution is -0.122. The van der Waals surface area contributed by atoms with Crippen molar-refractivity contribution >= 4 is 21.6 Å². The number of sulfonamides is 1. The summed E-state index contributed by atoms with van der Waals surface area (Å²) in [6, 6.07) is 23.1. The van der Waals surface area contributed by atoms with Crippen LogP contribution in [0.5, 0.6) is 11.5 Å². The van der Waals surface area contributed by atoms with Gasteiger partial charge in [0.1, 0.15) is 17.5 Å². The number of amides is 1. The third-order valence-electron chi connectivity index (χ3n) is 6.16. The van der Waals surface area contributed by atoms with Crippen LogP contribution in [0, 0.1) is 0 Å². The maximum Gasteiger partial charge on any atom is 0.243 e. The molecule has 0 aromatic heterocycles. The minimum Gasteiger partial charge on any atom is -0.457 e. The number of rotatable bonds is 10. The number of morpholine rings is 1. The van der Waals surface area contributed by atoms with E-state index in [0.717, 1.165) is 49.0 Å². The first kappa shape index (κ1) is 26.7. The highest BCUT2D eigenvalue weighted by Crippen LogP contribution is 2.27. The molecule has 3 aromatic carbocycles. The Morgan fingerprint density at radius 1 is 0.946 bits per heavy atom. The van der Waals surface area contributed by atoms with Gasteiger partial charge in [0.2, 0.25) is 15.9 Å². The van der Waals surface area contributed by atoms with Crippen molar-refractivity contribution in [1.29, 1.82) is 0 Å². The first-order valence-corrected chi connectivity index (χ1v) is 14.1. The molecule has 1 fully saturated rings. The molecule has 4 rings (SSSR count). The van der Waals surface area contributed by atoms with Gasteiger partial charge >= 0.3 is 0 Å². The number of anilines is 1. The van der Waals surface area contributed by atoms with E-state index in [1.165, 1.54) is 5.56 Å². The zero-order valence-corrected chi connectivity index (χ0v) is 22.0. The van der Waals surface area contributed by atoms with Gasteiger partial charge in [-0.3, -0.25) is 14.0 Å². The monoisotopic (exact) mass is 523 g/mol. The van der Waals surface area contributed by atoms with Gasteiger partial charge in [0, 0.05) is 26.2 Å². The molecule has 1 aliphatic heterocycles. The third-order valence-corrected chi connectivity index (χ3v) is 7.40. The van der Waals surface area contributed by atoms with Crippen molar-refractivity contribution in [2.45, 2.75) is 26.1 Å². The van der Waals surface area contributed by atoms with Gasteiger partial charge in [-0.15, -0.1) is 0 Å². The van der Waals surface area contributed by atoms with Crippen LogP contribution < -0.4 is 14.4 Å². The Labute approximate surface area is 218 Å². The lowest BCUT2D eigenvalue weighted by Crippen LogP contribution is -2.47. The second-order valence-electron chi connectivity index (χ2n) is 9.07. The number of para-hydroxylation sites is 1. The summed E-state index contributed by atoms with van der Waals surface area (Å²) in [6.07, 6.45) is 1.10. The molecule has 0 saturated carbocycles. The fourth-order valence-electron chi connectivity index (χ4n) is 4.21. The van der Waals surface area contributed by atoms with Crippen LogP contribution in [0.4, 0.5) is 5.69 Å². The lowest BCUT2D eigenvalue weighted by atomic mass is 10.1. The van der Waals surface area contributed by atoms with Crippen LogP contribution in [0.15, 0.2) is 78.9 Å². The molecule has 0 unspecified atom stereocenters. The molecule has 1 saturated heterocycles. The summed E-state index contributed by atoms with van der Waals surface area (Å²) < 4.78 is 37.6. The van der Waals surface area contributed by atoms with Crippen molar-refractivity contribution in [2.24, 2.45) is 0 Å². The molecular formula is C28H33N3O5S. The SMILES string of the molecule is C[C@H](C(=O)NCc1ccc(CN2CCOCC2)cc1)N(c1ccc(Oc2ccccc2)cc1)S(C)(=O)=O. The molecule has 37 heavy (non-hydrogen) atoms. The first-order valence-electron chi connectivity index (χ1n) is 12.3. The van der Waals surface area contributed by atoms with Gasteiger partial charge in [-0.05, 0) is 54.4 Å². The molecule has 1 N–H and O–H groups in total. The Balaban J connectivity index is 1.36. The number of benzene rings is 3. The average Bonchev–Trinajstić information content (AvgIpc) is 2.89. The van der Waals surface area contributed by atoms with Gasteiger partial charge in [-0.2, -0.15) is 0 Å². The van der Waals surface area contributed by atoms with Gasteiger partial charge in [0.05, 0.1) is 25.2 Å². The standard InChI is InChI=1S/C28H33N3O5S/c1-22(28(32)29-20-23-8-10-24(11-9-23)21-30-16-18-35-19-17-30)31(37(2,33)34)25-12-14-27(15-13-25)36-26-6-4-3-5-7-26/h3-15,22H,16-21H2,1-2H3,(H,29,32)/t22-/m1/s1. The van der Waals surface area contributed by atoms with E-state index < -0.39 is 16.1 Å². The zero-order chi connectivity index (χ0) is 26.3. The molecule has 1 heterocycles. The molecular weight excluding hydrogens is 490 g/mol. The highest BCUT2D eigenvalue weighted by Gasteiger charge is 2.29. The average molecular weight is 524 g/mol. The molecule has 0 spiro atoms. The van der Waals surface area contributed by atoms with E-state index in [2.05, 4.69) is 22.3 Å². The van der Waals surface area contributed by atoms with Crippen molar-refractivity contribution in [3.05, 3.63) is 90.0 Å². The van der Waals surface area contributed by atoms with E-state index in [9.17, 15) is 13.2 Å². The van der Waals surface area contributed by atoms with Crippen LogP contribution in [0.2, 0.25) is 0 Å². The van der Waals surface area contributed by atoms with E-state index in [-0.39, 0.29) is 5.91 Å². The Kier molecular flexibility index (Phi) is 8.81. The summed E-state index contributed by atoms with van der Waals surface area (Å²) in [4.78, 5) is 15.3. The summed E-state index contributed by atoms with van der Waals surface area (Å²) in [5.41, 5.74) is 2.53. The molecule has 196 valence electrons. The van der Waals surface area contributed by atoms with E-state index >= 15 is 0 Å². The van der Waals surface area contributed by atoms with Crippen molar-refractivity contribution in [2.75, 3.05) is 36.9 Å². The van der Waals surface area contributed by atoms with Crippen LogP contribution in [0.1, 0.15) is 18.1 Å². The van der Waals surface area contributed by atoms with Crippen molar-refractivity contribution < 1.29 is 22.7 Å². The third kappa shape index (κ3) is 7.55. The molecule has 9 heteroatoms. The van der Waals surface area contributed by atoms with Gasteiger partial charge in [0.15, 0.2) is 0 Å². The zero-order valence-electron chi connectivity index (χ0n) is 21.2. The molecule has 0 radical (unpaired) electrons. The van der Waals surface area contributed by atoms with Crippen LogP contribution >= 0.6 is 0 Å². The predicted octanol–water partition coefficient (Wildman–Crippen LogP) is 3.78. The van der Waals surface area contributed by atoms with Gasteiger partial charge < -0.3 is 14.8 Å². The second-order valence-corrected chi connectivity index (χ2v) is 10.9. The van der Waals surface area contributed by atoms with Crippen LogP contribution in [-0.4, -0.2) is 57.8 Å².